The van der Waals surface area contributed by atoms with Crippen molar-refractivity contribution in [2.24, 2.45) is 11.8 Å². The van der Waals surface area contributed by atoms with Crippen molar-refractivity contribution in [1.29, 1.82) is 0 Å². The fourth-order valence-electron chi connectivity index (χ4n) is 2.52. The number of hydrogen-bond acceptors (Lipinski definition) is 2. The molecule has 0 aromatic rings. The first kappa shape index (κ1) is 16.8. The highest BCUT2D eigenvalue weighted by Crippen LogP contribution is 2.33. The van der Waals surface area contributed by atoms with Crippen LogP contribution in [0.25, 0.3) is 0 Å². The first-order valence-corrected chi connectivity index (χ1v) is 6.83. The monoisotopic (exact) mass is 295 g/mol. The number of carbonyl (C=O) groups excluding carboxylic acids is 1. The molecule has 1 N–H and O–H groups in total. The minimum absolute atomic E-state index is 0.0725. The van der Waals surface area contributed by atoms with Gasteiger partial charge in [-0.05, 0) is 25.7 Å². The second kappa shape index (κ2) is 6.95. The molecule has 1 rings (SSSR count). The van der Waals surface area contributed by atoms with Gasteiger partial charge < -0.3 is 10.0 Å². The number of hydrogen-bond donors (Lipinski definition) is 1. The molecule has 0 heterocycles. The van der Waals surface area contributed by atoms with Gasteiger partial charge >= 0.3 is 12.1 Å². The number of amides is 1. The zero-order valence-electron chi connectivity index (χ0n) is 11.4. The maximum atomic E-state index is 12.5. The molecule has 4 nitrogen and oxygen atoms in total. The topological polar surface area (TPSA) is 57.6 Å². The Morgan fingerprint density at radius 1 is 1.25 bits per heavy atom. The number of aliphatic carboxylic acids is 1. The standard InChI is InChI=1S/C13H20F3NO3/c1-2-3-6-17(8-13(14,15)16)11(18)9-4-5-10(7-9)12(19)20/h9-10H,2-8H2,1H3,(H,19,20)/t9-,10+/m1/s1. The molecule has 0 aromatic heterocycles. The van der Waals surface area contributed by atoms with E-state index in [9.17, 15) is 22.8 Å². The van der Waals surface area contributed by atoms with E-state index in [2.05, 4.69) is 0 Å². The molecule has 0 saturated heterocycles. The van der Waals surface area contributed by atoms with Gasteiger partial charge in [-0.15, -0.1) is 0 Å². The van der Waals surface area contributed by atoms with Crippen molar-refractivity contribution in [1.82, 2.24) is 4.90 Å². The van der Waals surface area contributed by atoms with E-state index in [1.807, 2.05) is 6.92 Å². The second-order valence-corrected chi connectivity index (χ2v) is 5.27. The van der Waals surface area contributed by atoms with Crippen LogP contribution in [0.4, 0.5) is 13.2 Å². The highest BCUT2D eigenvalue weighted by molar-refractivity contribution is 5.81. The Kier molecular flexibility index (Phi) is 5.83. The second-order valence-electron chi connectivity index (χ2n) is 5.27. The van der Waals surface area contributed by atoms with E-state index in [1.54, 1.807) is 0 Å². The fraction of sp³-hybridized carbons (Fsp3) is 0.846. The third-order valence-electron chi connectivity index (χ3n) is 3.59. The summed E-state index contributed by atoms with van der Waals surface area (Å²) >= 11 is 0. The molecular weight excluding hydrogens is 275 g/mol. The van der Waals surface area contributed by atoms with Crippen LogP contribution >= 0.6 is 0 Å². The first-order valence-electron chi connectivity index (χ1n) is 6.83. The molecule has 0 aromatic carbocycles. The molecule has 7 heteroatoms. The molecular formula is C13H20F3NO3. The van der Waals surface area contributed by atoms with Crippen molar-refractivity contribution in [3.63, 3.8) is 0 Å². The summed E-state index contributed by atoms with van der Waals surface area (Å²) in [6, 6.07) is 0. The van der Waals surface area contributed by atoms with Crippen LogP contribution in [-0.2, 0) is 9.59 Å². The van der Waals surface area contributed by atoms with Crippen LogP contribution < -0.4 is 0 Å². The van der Waals surface area contributed by atoms with Gasteiger partial charge in [-0.1, -0.05) is 13.3 Å². The molecule has 1 aliphatic carbocycles. The molecule has 0 unspecified atom stereocenters. The Hall–Kier alpha value is -1.27. The van der Waals surface area contributed by atoms with E-state index < -0.39 is 36.4 Å². The number of unbranched alkanes of at least 4 members (excludes halogenated alkanes) is 1. The number of rotatable bonds is 6. The molecule has 1 saturated carbocycles. The minimum atomic E-state index is -4.42. The van der Waals surface area contributed by atoms with E-state index in [0.29, 0.717) is 25.7 Å². The summed E-state index contributed by atoms with van der Waals surface area (Å²) in [6.07, 6.45) is -2.35. The Labute approximate surface area is 115 Å². The Morgan fingerprint density at radius 2 is 1.85 bits per heavy atom. The minimum Gasteiger partial charge on any atom is -0.481 e. The average Bonchev–Trinajstić information content (AvgIpc) is 2.81. The maximum Gasteiger partial charge on any atom is 0.406 e. The molecule has 1 amide bonds. The lowest BCUT2D eigenvalue weighted by molar-refractivity contribution is -0.164. The molecule has 0 bridgehead atoms. The van der Waals surface area contributed by atoms with Crippen LogP contribution in [0.2, 0.25) is 0 Å². The van der Waals surface area contributed by atoms with Gasteiger partial charge in [0.1, 0.15) is 6.54 Å². The molecule has 2 atom stereocenters. The summed E-state index contributed by atoms with van der Waals surface area (Å²) in [5.74, 6) is -2.73. The molecule has 0 radical (unpaired) electrons. The van der Waals surface area contributed by atoms with E-state index in [0.717, 1.165) is 4.90 Å². The predicted molar refractivity (Wildman–Crippen MR) is 66.0 cm³/mol. The number of carboxylic acid groups (broad SMARTS) is 1. The van der Waals surface area contributed by atoms with Crippen LogP contribution in [0.5, 0.6) is 0 Å². The van der Waals surface area contributed by atoms with Gasteiger partial charge in [0.15, 0.2) is 0 Å². The van der Waals surface area contributed by atoms with Gasteiger partial charge in [0.2, 0.25) is 5.91 Å². The van der Waals surface area contributed by atoms with Crippen LogP contribution in [0.1, 0.15) is 39.0 Å². The SMILES string of the molecule is CCCCN(CC(F)(F)F)C(=O)[C@@H]1CC[C@H](C(=O)O)C1. The predicted octanol–water partition coefficient (Wildman–Crippen LogP) is 2.68. The highest BCUT2D eigenvalue weighted by Gasteiger charge is 2.39. The van der Waals surface area contributed by atoms with Gasteiger partial charge in [-0.2, -0.15) is 13.2 Å². The van der Waals surface area contributed by atoms with E-state index >= 15 is 0 Å². The van der Waals surface area contributed by atoms with Crippen molar-refractivity contribution < 1.29 is 27.9 Å². The Morgan fingerprint density at radius 3 is 2.30 bits per heavy atom. The summed E-state index contributed by atoms with van der Waals surface area (Å²) in [6.45, 7) is 0.662. The van der Waals surface area contributed by atoms with Crippen LogP contribution in [0.15, 0.2) is 0 Å². The van der Waals surface area contributed by atoms with Crippen molar-refractivity contribution in [2.75, 3.05) is 13.1 Å². The lowest BCUT2D eigenvalue weighted by Gasteiger charge is -2.26. The van der Waals surface area contributed by atoms with Gasteiger partial charge in [-0.3, -0.25) is 9.59 Å². The van der Waals surface area contributed by atoms with Crippen LogP contribution in [0, 0.1) is 11.8 Å². The maximum absolute atomic E-state index is 12.5. The van der Waals surface area contributed by atoms with Crippen molar-refractivity contribution in [3.8, 4) is 0 Å². The zero-order chi connectivity index (χ0) is 15.3. The van der Waals surface area contributed by atoms with Crippen molar-refractivity contribution in [2.45, 2.75) is 45.2 Å². The summed E-state index contributed by atoms with van der Waals surface area (Å²) in [5, 5.41) is 8.87. The van der Waals surface area contributed by atoms with Gasteiger partial charge in [0, 0.05) is 12.5 Å². The third kappa shape index (κ3) is 5.02. The average molecular weight is 295 g/mol. The van der Waals surface area contributed by atoms with Crippen LogP contribution in [-0.4, -0.2) is 41.1 Å². The van der Waals surface area contributed by atoms with Gasteiger partial charge in [0.05, 0.1) is 5.92 Å². The van der Waals surface area contributed by atoms with Gasteiger partial charge in [0.25, 0.3) is 0 Å². The number of alkyl halides is 3. The lowest BCUT2D eigenvalue weighted by atomic mass is 10.0. The Bertz CT molecular complexity index is 357. The fourth-order valence-corrected chi connectivity index (χ4v) is 2.52. The molecule has 0 aliphatic heterocycles. The summed E-state index contributed by atoms with van der Waals surface area (Å²) in [7, 11) is 0. The third-order valence-corrected chi connectivity index (χ3v) is 3.59. The largest absolute Gasteiger partial charge is 0.481 e. The first-order chi connectivity index (χ1) is 9.24. The quantitative estimate of drug-likeness (QED) is 0.819. The number of carbonyl (C=O) groups is 2. The van der Waals surface area contributed by atoms with E-state index in [1.165, 1.54) is 0 Å². The van der Waals surface area contributed by atoms with Crippen molar-refractivity contribution >= 4 is 11.9 Å². The Balaban J connectivity index is 2.65. The summed E-state index contributed by atoms with van der Waals surface area (Å²) in [4.78, 5) is 23.8. The number of nitrogens with zero attached hydrogens (tertiary/aromatic N) is 1. The van der Waals surface area contributed by atoms with Crippen LogP contribution in [0.3, 0.4) is 0 Å². The smallest absolute Gasteiger partial charge is 0.406 e. The number of halogens is 3. The highest BCUT2D eigenvalue weighted by atomic mass is 19.4. The number of carboxylic acids is 1. The molecule has 20 heavy (non-hydrogen) atoms. The van der Waals surface area contributed by atoms with Crippen molar-refractivity contribution in [3.05, 3.63) is 0 Å². The normalized spacial score (nSPS) is 22.8. The van der Waals surface area contributed by atoms with E-state index in [-0.39, 0.29) is 13.0 Å². The molecule has 116 valence electrons. The van der Waals surface area contributed by atoms with Gasteiger partial charge in [-0.25, -0.2) is 0 Å². The summed E-state index contributed by atoms with van der Waals surface area (Å²) in [5.41, 5.74) is 0. The molecule has 1 aliphatic rings. The van der Waals surface area contributed by atoms with E-state index in [4.69, 9.17) is 5.11 Å². The molecule has 1 fully saturated rings. The summed E-state index contributed by atoms with van der Waals surface area (Å²) < 4.78 is 37.5. The zero-order valence-corrected chi connectivity index (χ0v) is 11.4. The lowest BCUT2D eigenvalue weighted by Crippen LogP contribution is -2.42. The molecule has 0 spiro atoms.